The van der Waals surface area contributed by atoms with Gasteiger partial charge in [0.2, 0.25) is 0 Å². The first kappa shape index (κ1) is 18.2. The van der Waals surface area contributed by atoms with E-state index < -0.39 is 27.6 Å². The second-order valence-electron chi connectivity index (χ2n) is 5.67. The third kappa shape index (κ3) is 5.48. The number of carboxylic acids is 1. The van der Waals surface area contributed by atoms with E-state index in [1.165, 1.54) is 24.3 Å². The van der Waals surface area contributed by atoms with E-state index in [1.54, 1.807) is 0 Å². The smallest absolute Gasteiger partial charge is 0.308 e. The van der Waals surface area contributed by atoms with Gasteiger partial charge in [0.1, 0.15) is 0 Å². The molecule has 0 aliphatic carbocycles. The second kappa shape index (κ2) is 7.40. The van der Waals surface area contributed by atoms with Crippen LogP contribution in [0.2, 0.25) is 0 Å². The van der Waals surface area contributed by atoms with Crippen LogP contribution in [0.1, 0.15) is 30.6 Å². The topological polar surface area (TPSA) is 101 Å². The Morgan fingerprint density at radius 1 is 1.18 bits per heavy atom. The van der Waals surface area contributed by atoms with E-state index in [4.69, 9.17) is 5.11 Å². The van der Waals surface area contributed by atoms with Crippen LogP contribution in [0, 0.1) is 11.8 Å². The summed E-state index contributed by atoms with van der Waals surface area (Å²) in [5, 5.41) is 11.7. The average Bonchev–Trinajstić information content (AvgIpc) is 2.41. The normalized spacial score (nSPS) is 12.9. The zero-order chi connectivity index (χ0) is 16.9. The first-order valence-electron chi connectivity index (χ1n) is 6.92. The van der Waals surface area contributed by atoms with E-state index in [0.717, 1.165) is 6.26 Å². The SMILES string of the molecule is CC(C)CC(CNC(=O)c1ccc(S(C)(=O)=O)cc1)C(=O)O. The van der Waals surface area contributed by atoms with Crippen molar-refractivity contribution in [2.75, 3.05) is 12.8 Å². The summed E-state index contributed by atoms with van der Waals surface area (Å²) in [4.78, 5) is 23.2. The van der Waals surface area contributed by atoms with Crippen LogP contribution in [-0.2, 0) is 14.6 Å². The number of carbonyl (C=O) groups excluding carboxylic acids is 1. The van der Waals surface area contributed by atoms with Crippen molar-refractivity contribution in [2.45, 2.75) is 25.2 Å². The molecule has 0 radical (unpaired) electrons. The van der Waals surface area contributed by atoms with Crippen LogP contribution >= 0.6 is 0 Å². The number of hydrogen-bond acceptors (Lipinski definition) is 4. The molecular weight excluding hydrogens is 306 g/mol. The van der Waals surface area contributed by atoms with Crippen LogP contribution in [-0.4, -0.2) is 38.2 Å². The monoisotopic (exact) mass is 327 g/mol. The zero-order valence-corrected chi connectivity index (χ0v) is 13.7. The van der Waals surface area contributed by atoms with Crippen LogP contribution in [0.25, 0.3) is 0 Å². The number of rotatable bonds is 7. The Labute approximate surface area is 130 Å². The van der Waals surface area contributed by atoms with Crippen molar-refractivity contribution >= 4 is 21.7 Å². The molecule has 122 valence electrons. The predicted octanol–water partition coefficient (Wildman–Crippen LogP) is 1.57. The maximum Gasteiger partial charge on any atom is 0.308 e. The number of benzene rings is 1. The number of aliphatic carboxylic acids is 1. The van der Waals surface area contributed by atoms with Crippen LogP contribution in [0.15, 0.2) is 29.2 Å². The van der Waals surface area contributed by atoms with Gasteiger partial charge in [-0.3, -0.25) is 9.59 Å². The molecule has 1 atom stereocenters. The Hall–Kier alpha value is -1.89. The van der Waals surface area contributed by atoms with Crippen LogP contribution in [0.4, 0.5) is 0 Å². The van der Waals surface area contributed by atoms with Crippen molar-refractivity contribution in [1.29, 1.82) is 0 Å². The Balaban J connectivity index is 2.70. The molecule has 0 aliphatic rings. The highest BCUT2D eigenvalue weighted by molar-refractivity contribution is 7.90. The van der Waals surface area contributed by atoms with Gasteiger partial charge in [-0.1, -0.05) is 13.8 Å². The molecule has 7 heteroatoms. The van der Waals surface area contributed by atoms with E-state index in [-0.39, 0.29) is 17.4 Å². The molecule has 0 aromatic heterocycles. The van der Waals surface area contributed by atoms with Gasteiger partial charge in [0.25, 0.3) is 5.91 Å². The van der Waals surface area contributed by atoms with Gasteiger partial charge in [-0.25, -0.2) is 8.42 Å². The molecule has 1 rings (SSSR count). The van der Waals surface area contributed by atoms with Gasteiger partial charge in [-0.15, -0.1) is 0 Å². The number of hydrogen-bond donors (Lipinski definition) is 2. The molecule has 0 bridgehead atoms. The number of amides is 1. The first-order valence-corrected chi connectivity index (χ1v) is 8.81. The third-order valence-corrected chi connectivity index (χ3v) is 4.29. The lowest BCUT2D eigenvalue weighted by Crippen LogP contribution is -2.33. The fourth-order valence-electron chi connectivity index (χ4n) is 2.01. The lowest BCUT2D eigenvalue weighted by atomic mass is 9.97. The summed E-state index contributed by atoms with van der Waals surface area (Å²) in [6.07, 6.45) is 1.56. The summed E-state index contributed by atoms with van der Waals surface area (Å²) in [5.74, 6) is -1.79. The zero-order valence-electron chi connectivity index (χ0n) is 12.9. The van der Waals surface area contributed by atoms with Crippen molar-refractivity contribution in [1.82, 2.24) is 5.32 Å². The van der Waals surface area contributed by atoms with Crippen molar-refractivity contribution in [3.05, 3.63) is 29.8 Å². The summed E-state index contributed by atoms with van der Waals surface area (Å²) in [5.41, 5.74) is 0.293. The number of carboxylic acid groups (broad SMARTS) is 1. The molecule has 0 saturated heterocycles. The van der Waals surface area contributed by atoms with Crippen molar-refractivity contribution in [3.8, 4) is 0 Å². The van der Waals surface area contributed by atoms with E-state index in [9.17, 15) is 18.0 Å². The van der Waals surface area contributed by atoms with Gasteiger partial charge >= 0.3 is 5.97 Å². The first-order chi connectivity index (χ1) is 10.1. The minimum absolute atomic E-state index is 0.0418. The third-order valence-electron chi connectivity index (χ3n) is 3.16. The summed E-state index contributed by atoms with van der Waals surface area (Å²) in [6.45, 7) is 3.88. The molecule has 1 aromatic carbocycles. The van der Waals surface area contributed by atoms with Crippen molar-refractivity contribution in [3.63, 3.8) is 0 Å². The molecule has 22 heavy (non-hydrogen) atoms. The highest BCUT2D eigenvalue weighted by Gasteiger charge is 2.20. The van der Waals surface area contributed by atoms with Crippen LogP contribution in [0.5, 0.6) is 0 Å². The Bertz CT molecular complexity index is 634. The lowest BCUT2D eigenvalue weighted by Gasteiger charge is -2.15. The minimum atomic E-state index is -3.31. The number of nitrogens with one attached hydrogen (secondary N) is 1. The largest absolute Gasteiger partial charge is 0.481 e. The van der Waals surface area contributed by atoms with Gasteiger partial charge in [0.05, 0.1) is 10.8 Å². The average molecular weight is 327 g/mol. The summed E-state index contributed by atoms with van der Waals surface area (Å²) >= 11 is 0. The van der Waals surface area contributed by atoms with Gasteiger partial charge < -0.3 is 10.4 Å². The summed E-state index contributed by atoms with van der Waals surface area (Å²) in [6, 6.07) is 5.52. The molecular formula is C15H21NO5S. The molecule has 2 N–H and O–H groups in total. The molecule has 1 aromatic rings. The van der Waals surface area contributed by atoms with E-state index in [0.29, 0.717) is 12.0 Å². The van der Waals surface area contributed by atoms with Gasteiger partial charge in [0, 0.05) is 18.4 Å². The van der Waals surface area contributed by atoms with Crippen LogP contribution in [0.3, 0.4) is 0 Å². The van der Waals surface area contributed by atoms with E-state index in [1.807, 2.05) is 13.8 Å². The molecule has 0 spiro atoms. The van der Waals surface area contributed by atoms with Crippen molar-refractivity contribution in [2.24, 2.45) is 11.8 Å². The lowest BCUT2D eigenvalue weighted by molar-refractivity contribution is -0.142. The molecule has 1 unspecified atom stereocenters. The molecule has 0 fully saturated rings. The van der Waals surface area contributed by atoms with E-state index in [2.05, 4.69) is 5.32 Å². The summed E-state index contributed by atoms with van der Waals surface area (Å²) < 4.78 is 22.7. The van der Waals surface area contributed by atoms with Crippen molar-refractivity contribution < 1.29 is 23.1 Å². The quantitative estimate of drug-likeness (QED) is 0.791. The fourth-order valence-corrected chi connectivity index (χ4v) is 2.64. The van der Waals surface area contributed by atoms with Gasteiger partial charge in [-0.2, -0.15) is 0 Å². The fraction of sp³-hybridized carbons (Fsp3) is 0.467. The van der Waals surface area contributed by atoms with Crippen LogP contribution < -0.4 is 5.32 Å². The number of sulfone groups is 1. The molecule has 1 amide bonds. The number of carbonyl (C=O) groups is 2. The highest BCUT2D eigenvalue weighted by Crippen LogP contribution is 2.13. The molecule has 0 saturated carbocycles. The minimum Gasteiger partial charge on any atom is -0.481 e. The van der Waals surface area contributed by atoms with E-state index >= 15 is 0 Å². The Kier molecular flexibility index (Phi) is 6.11. The maximum absolute atomic E-state index is 12.0. The molecule has 0 aliphatic heterocycles. The predicted molar refractivity (Wildman–Crippen MR) is 82.5 cm³/mol. The summed E-state index contributed by atoms with van der Waals surface area (Å²) in [7, 11) is -3.31. The van der Waals surface area contributed by atoms with Gasteiger partial charge in [0.15, 0.2) is 9.84 Å². The second-order valence-corrected chi connectivity index (χ2v) is 7.69. The molecule has 0 heterocycles. The maximum atomic E-state index is 12.0. The molecule has 6 nitrogen and oxygen atoms in total. The Morgan fingerprint density at radius 3 is 2.14 bits per heavy atom. The van der Waals surface area contributed by atoms with Gasteiger partial charge in [-0.05, 0) is 36.6 Å². The standard InChI is InChI=1S/C15H21NO5S/c1-10(2)8-12(15(18)19)9-16-14(17)11-4-6-13(7-5-11)22(3,20)21/h4-7,10,12H,8-9H2,1-3H3,(H,16,17)(H,18,19). The Morgan fingerprint density at radius 2 is 1.73 bits per heavy atom. The highest BCUT2D eigenvalue weighted by atomic mass is 32.2.